The number of nitrogens with zero attached hydrogens (tertiary/aromatic N) is 4. The molecule has 8 aromatic rings. The van der Waals surface area contributed by atoms with Crippen LogP contribution >= 0.6 is 0 Å². The number of hydrogen-bond acceptors (Lipinski definition) is 5. The van der Waals surface area contributed by atoms with Crippen LogP contribution in [0.2, 0.25) is 0 Å². The number of furan rings is 1. The van der Waals surface area contributed by atoms with Gasteiger partial charge < -0.3 is 4.42 Å². The van der Waals surface area contributed by atoms with Crippen molar-refractivity contribution in [1.29, 1.82) is 5.26 Å². The first-order valence-electron chi connectivity index (χ1n) is 19.5. The van der Waals surface area contributed by atoms with Gasteiger partial charge in [-0.15, -0.1) is 0 Å². The predicted octanol–water partition coefficient (Wildman–Crippen LogP) is 12.4. The zero-order valence-electron chi connectivity index (χ0n) is 30.7. The van der Waals surface area contributed by atoms with E-state index in [2.05, 4.69) is 91.9 Å². The van der Waals surface area contributed by atoms with Gasteiger partial charge >= 0.3 is 0 Å². The molecule has 5 nitrogen and oxygen atoms in total. The third-order valence-corrected chi connectivity index (χ3v) is 13.5. The molecule has 3 saturated carbocycles. The van der Waals surface area contributed by atoms with E-state index in [-0.39, 0.29) is 0 Å². The summed E-state index contributed by atoms with van der Waals surface area (Å²) in [4.78, 5) is 15.3. The van der Waals surface area contributed by atoms with Crippen molar-refractivity contribution in [2.24, 2.45) is 17.3 Å². The van der Waals surface area contributed by atoms with Crippen LogP contribution in [0.5, 0.6) is 0 Å². The van der Waals surface area contributed by atoms with Crippen molar-refractivity contribution in [3.05, 3.63) is 151 Å². The Morgan fingerprint density at radius 3 is 1.85 bits per heavy atom. The molecule has 0 spiro atoms. The lowest BCUT2D eigenvalue weighted by Crippen LogP contribution is -2.26. The Labute approximate surface area is 320 Å². The van der Waals surface area contributed by atoms with Crippen molar-refractivity contribution in [2.45, 2.75) is 44.4 Å². The number of hydrogen-bond donors (Lipinski definition) is 0. The fraction of sp³-hybridized carbons (Fsp3) is 0.200. The first-order chi connectivity index (χ1) is 27.0. The number of nitriles is 1. The second-order valence-corrected chi connectivity index (χ2v) is 16.3. The molecule has 1 unspecified atom stereocenters. The van der Waals surface area contributed by atoms with Crippen LogP contribution in [0.1, 0.15) is 50.2 Å². The predicted molar refractivity (Wildman–Crippen MR) is 219 cm³/mol. The summed E-state index contributed by atoms with van der Waals surface area (Å²) >= 11 is 0. The van der Waals surface area contributed by atoms with E-state index >= 15 is 0 Å². The third kappa shape index (κ3) is 4.94. The minimum absolute atomic E-state index is 0.346. The number of benzene rings is 6. The van der Waals surface area contributed by atoms with Crippen LogP contribution < -0.4 is 0 Å². The monoisotopic (exact) mass is 710 g/mol. The average molecular weight is 711 g/mol. The summed E-state index contributed by atoms with van der Waals surface area (Å²) in [5.74, 6) is 3.31. The minimum Gasteiger partial charge on any atom is -0.456 e. The lowest BCUT2D eigenvalue weighted by molar-refractivity contribution is 0.195. The molecule has 2 aromatic heterocycles. The van der Waals surface area contributed by atoms with Crippen LogP contribution in [0.25, 0.3) is 78.4 Å². The molecule has 5 heteroatoms. The fourth-order valence-corrected chi connectivity index (χ4v) is 10.9. The van der Waals surface area contributed by atoms with Crippen LogP contribution in [-0.2, 0) is 5.41 Å². The van der Waals surface area contributed by atoms with E-state index in [0.717, 1.165) is 56.0 Å². The van der Waals surface area contributed by atoms with Crippen molar-refractivity contribution in [3.63, 3.8) is 0 Å². The molecule has 0 radical (unpaired) electrons. The Kier molecular flexibility index (Phi) is 7.04. The van der Waals surface area contributed by atoms with Crippen molar-refractivity contribution in [3.8, 4) is 62.5 Å². The molecule has 0 N–H and O–H groups in total. The van der Waals surface area contributed by atoms with Gasteiger partial charge in [0.2, 0.25) is 0 Å². The van der Waals surface area contributed by atoms with Crippen LogP contribution in [0.15, 0.2) is 144 Å². The van der Waals surface area contributed by atoms with Crippen LogP contribution in [0.3, 0.4) is 0 Å². The molecule has 3 aliphatic carbocycles. The van der Waals surface area contributed by atoms with Gasteiger partial charge in [0.05, 0.1) is 11.6 Å². The van der Waals surface area contributed by atoms with Crippen molar-refractivity contribution < 1.29 is 4.42 Å². The van der Waals surface area contributed by atoms with Gasteiger partial charge in [0.15, 0.2) is 17.5 Å². The number of rotatable bonds is 6. The fourth-order valence-electron chi connectivity index (χ4n) is 10.9. The first-order valence-corrected chi connectivity index (χ1v) is 19.5. The first kappa shape index (κ1) is 32.1. The lowest BCUT2D eigenvalue weighted by Gasteiger charge is -2.33. The van der Waals surface area contributed by atoms with Gasteiger partial charge in [-0.25, -0.2) is 15.0 Å². The van der Waals surface area contributed by atoms with Crippen LogP contribution in [-0.4, -0.2) is 15.0 Å². The highest BCUT2D eigenvalue weighted by atomic mass is 16.3. The minimum atomic E-state index is 0.346. The summed E-state index contributed by atoms with van der Waals surface area (Å²) < 4.78 is 6.14. The van der Waals surface area contributed by atoms with Crippen LogP contribution in [0.4, 0.5) is 0 Å². The molecule has 0 saturated heterocycles. The quantitative estimate of drug-likeness (QED) is 0.172. The molecule has 6 aromatic carbocycles. The van der Waals surface area contributed by atoms with E-state index in [1.54, 1.807) is 6.07 Å². The molecule has 0 aliphatic heterocycles. The number of aromatic nitrogens is 3. The molecule has 2 heterocycles. The number of fused-ring (bicyclic) bond motifs is 4. The van der Waals surface area contributed by atoms with E-state index < -0.39 is 0 Å². The third-order valence-electron chi connectivity index (χ3n) is 13.5. The van der Waals surface area contributed by atoms with Gasteiger partial charge in [-0.2, -0.15) is 5.26 Å². The topological polar surface area (TPSA) is 75.6 Å². The Morgan fingerprint density at radius 2 is 1.13 bits per heavy atom. The second-order valence-electron chi connectivity index (χ2n) is 16.3. The Bertz CT molecular complexity index is 2850. The summed E-state index contributed by atoms with van der Waals surface area (Å²) in [5.41, 5.74) is 11.5. The maximum atomic E-state index is 10.1. The van der Waals surface area contributed by atoms with Gasteiger partial charge in [0.1, 0.15) is 11.2 Å². The standard InChI is InChI=1S/C50H38N4O/c1-49-30-50(27-35(49)23-24-36(49)28-50)34-21-18-31(19-22-34)37-11-4-5-13-39(37)40-14-6-7-16-42(40)48-53-46(52-47(54-48)38-12-3-2-10-33(38)29-51)32-20-25-45-43(26-32)41-15-8-9-17-44(41)55-45/h2-22,25-26,35-36H,23-24,27-28,30H2,1H3/t35-,36+,49-,50?. The Balaban J connectivity index is 1.04. The van der Waals surface area contributed by atoms with E-state index in [4.69, 9.17) is 19.4 Å². The Morgan fingerprint density at radius 1 is 0.564 bits per heavy atom. The smallest absolute Gasteiger partial charge is 0.165 e. The average Bonchev–Trinajstić information content (AvgIpc) is 3.89. The van der Waals surface area contributed by atoms with Crippen molar-refractivity contribution in [2.75, 3.05) is 0 Å². The highest BCUT2D eigenvalue weighted by molar-refractivity contribution is 6.06. The van der Waals surface area contributed by atoms with E-state index in [1.807, 2.05) is 54.6 Å². The van der Waals surface area contributed by atoms with Gasteiger partial charge in [-0.3, -0.25) is 0 Å². The summed E-state index contributed by atoms with van der Waals surface area (Å²) in [6.07, 6.45) is 6.88. The molecular weight excluding hydrogens is 673 g/mol. The molecule has 11 rings (SSSR count). The molecule has 3 fully saturated rings. The molecule has 0 amide bonds. The summed E-state index contributed by atoms with van der Waals surface area (Å²) in [6, 6.07) is 50.5. The maximum Gasteiger partial charge on any atom is 0.165 e. The Hall–Kier alpha value is -6.38. The van der Waals surface area contributed by atoms with E-state index in [1.165, 1.54) is 48.8 Å². The SMILES string of the molecule is C[C@@]12CC3(c4ccc(-c5ccccc5-c5ccccc5-c5nc(-c6ccc7oc8ccccc8c7c6)nc(-c6ccccc6C#N)n5)cc4)C[C@H]1CC[C@H]2C3. The highest BCUT2D eigenvalue weighted by Gasteiger charge is 2.65. The van der Waals surface area contributed by atoms with Crippen molar-refractivity contribution >= 4 is 21.9 Å². The number of para-hydroxylation sites is 1. The largest absolute Gasteiger partial charge is 0.456 e. The summed E-state index contributed by atoms with van der Waals surface area (Å²) in [6.45, 7) is 2.58. The summed E-state index contributed by atoms with van der Waals surface area (Å²) in [5, 5.41) is 12.1. The zero-order valence-corrected chi connectivity index (χ0v) is 30.7. The van der Waals surface area contributed by atoms with Crippen molar-refractivity contribution in [1.82, 2.24) is 15.0 Å². The van der Waals surface area contributed by atoms with Gasteiger partial charge in [0.25, 0.3) is 0 Å². The van der Waals surface area contributed by atoms with Crippen LogP contribution in [0, 0.1) is 28.6 Å². The molecule has 264 valence electrons. The normalized spacial score (nSPS) is 22.4. The zero-order chi connectivity index (χ0) is 36.7. The van der Waals surface area contributed by atoms with Gasteiger partial charge in [-0.1, -0.05) is 110 Å². The molecule has 2 bridgehead atoms. The molecular formula is C50H38N4O. The maximum absolute atomic E-state index is 10.1. The lowest BCUT2D eigenvalue weighted by atomic mass is 9.72. The van der Waals surface area contributed by atoms with Gasteiger partial charge in [-0.05, 0) is 119 Å². The van der Waals surface area contributed by atoms with E-state index in [0.29, 0.717) is 39.4 Å². The summed E-state index contributed by atoms with van der Waals surface area (Å²) in [7, 11) is 0. The molecule has 4 atom stereocenters. The second kappa shape index (κ2) is 12.1. The van der Waals surface area contributed by atoms with Gasteiger partial charge in [0, 0.05) is 27.5 Å². The molecule has 3 aliphatic rings. The van der Waals surface area contributed by atoms with E-state index in [9.17, 15) is 5.26 Å². The molecule has 55 heavy (non-hydrogen) atoms. The highest BCUT2D eigenvalue weighted by Crippen LogP contribution is 2.72.